The van der Waals surface area contributed by atoms with Gasteiger partial charge in [0.1, 0.15) is 17.1 Å². The minimum atomic E-state index is -0.0832. The fraction of sp³-hybridized carbons (Fsp3) is 0.667. The number of ether oxygens (including phenoxy) is 2. The van der Waals surface area contributed by atoms with Crippen LogP contribution in [0.4, 0.5) is 0 Å². The van der Waals surface area contributed by atoms with Gasteiger partial charge in [-0.05, 0) is 44.0 Å². The second kappa shape index (κ2) is 6.69. The van der Waals surface area contributed by atoms with E-state index in [2.05, 4.69) is 52.1 Å². The summed E-state index contributed by atoms with van der Waals surface area (Å²) in [5.41, 5.74) is 1.14. The Morgan fingerprint density at radius 1 is 1.38 bits per heavy atom. The molecule has 2 rings (SSSR count). The van der Waals surface area contributed by atoms with Crippen molar-refractivity contribution in [3.05, 3.63) is 23.8 Å². The third-order valence-corrected chi connectivity index (χ3v) is 4.13. The number of benzene rings is 1. The quantitative estimate of drug-likeness (QED) is 0.846. The fourth-order valence-electron chi connectivity index (χ4n) is 2.74. The molecule has 0 saturated heterocycles. The zero-order chi connectivity index (χ0) is 15.5. The Morgan fingerprint density at radius 2 is 2.14 bits per heavy atom. The van der Waals surface area contributed by atoms with Crippen molar-refractivity contribution in [2.24, 2.45) is 5.92 Å². The van der Waals surface area contributed by atoms with Gasteiger partial charge >= 0.3 is 0 Å². The zero-order valence-electron chi connectivity index (χ0n) is 14.0. The number of hydrogen-bond donors (Lipinski definition) is 1. The van der Waals surface area contributed by atoms with Crippen molar-refractivity contribution in [3.63, 3.8) is 0 Å². The lowest BCUT2D eigenvalue weighted by Crippen LogP contribution is -2.41. The lowest BCUT2D eigenvalue weighted by Gasteiger charge is -2.40. The predicted octanol–water partition coefficient (Wildman–Crippen LogP) is 4.32. The van der Waals surface area contributed by atoms with Crippen LogP contribution in [0.5, 0.6) is 11.5 Å². The first-order chi connectivity index (χ1) is 9.97. The number of nitrogens with one attached hydrogen (secondary N) is 1. The maximum atomic E-state index is 6.23. The van der Waals surface area contributed by atoms with Gasteiger partial charge < -0.3 is 14.8 Å². The maximum Gasteiger partial charge on any atom is 0.125 e. The van der Waals surface area contributed by atoms with Crippen LogP contribution in [0.3, 0.4) is 0 Å². The maximum absolute atomic E-state index is 6.23. The molecule has 0 amide bonds. The van der Waals surface area contributed by atoms with Crippen LogP contribution < -0.4 is 14.8 Å². The van der Waals surface area contributed by atoms with Gasteiger partial charge in [0.05, 0.1) is 6.61 Å². The molecule has 0 spiro atoms. The summed E-state index contributed by atoms with van der Waals surface area (Å²) in [6, 6.07) is 6.56. The Bertz CT molecular complexity index is 472. The van der Waals surface area contributed by atoms with E-state index in [0.717, 1.165) is 37.5 Å². The van der Waals surface area contributed by atoms with E-state index in [1.807, 2.05) is 6.07 Å². The van der Waals surface area contributed by atoms with Crippen molar-refractivity contribution in [2.45, 2.75) is 59.1 Å². The molecule has 3 nitrogen and oxygen atoms in total. The van der Waals surface area contributed by atoms with Crippen LogP contribution in [0, 0.1) is 5.92 Å². The van der Waals surface area contributed by atoms with Crippen LogP contribution in [-0.4, -0.2) is 18.8 Å². The first-order valence-corrected chi connectivity index (χ1v) is 8.16. The second-order valence-electron chi connectivity index (χ2n) is 6.62. The standard InChI is InChI=1S/C18H29NO2/c1-6-18(5)11-16(19-7-2)15-10-14(20-12-13(3)4)8-9-17(15)21-18/h8-10,13,16,19H,6-7,11-12H2,1-5H3. The third kappa shape index (κ3) is 3.91. The molecule has 1 heterocycles. The van der Waals surface area contributed by atoms with Crippen molar-refractivity contribution in [3.8, 4) is 11.5 Å². The first kappa shape index (κ1) is 16.2. The van der Waals surface area contributed by atoms with E-state index >= 15 is 0 Å². The normalized spacial score (nSPS) is 24.6. The third-order valence-electron chi connectivity index (χ3n) is 4.13. The zero-order valence-corrected chi connectivity index (χ0v) is 14.0. The van der Waals surface area contributed by atoms with Crippen LogP contribution in [0.15, 0.2) is 18.2 Å². The molecular formula is C18H29NO2. The Kier molecular flexibility index (Phi) is 5.15. The van der Waals surface area contributed by atoms with E-state index in [1.165, 1.54) is 5.56 Å². The Balaban J connectivity index is 2.25. The lowest BCUT2D eigenvalue weighted by atomic mass is 9.86. The number of rotatable bonds is 6. The van der Waals surface area contributed by atoms with Crippen molar-refractivity contribution < 1.29 is 9.47 Å². The van der Waals surface area contributed by atoms with Crippen molar-refractivity contribution in [2.75, 3.05) is 13.2 Å². The summed E-state index contributed by atoms with van der Waals surface area (Å²) in [5.74, 6) is 2.47. The molecule has 0 aliphatic carbocycles. The van der Waals surface area contributed by atoms with Crippen LogP contribution in [0.25, 0.3) is 0 Å². The lowest BCUT2D eigenvalue weighted by molar-refractivity contribution is 0.0443. The highest BCUT2D eigenvalue weighted by Crippen LogP contribution is 2.42. The van der Waals surface area contributed by atoms with E-state index in [1.54, 1.807) is 0 Å². The van der Waals surface area contributed by atoms with E-state index in [4.69, 9.17) is 9.47 Å². The minimum absolute atomic E-state index is 0.0832. The van der Waals surface area contributed by atoms with E-state index < -0.39 is 0 Å². The smallest absolute Gasteiger partial charge is 0.125 e. The highest BCUT2D eigenvalue weighted by molar-refractivity contribution is 5.44. The average Bonchev–Trinajstić information content (AvgIpc) is 2.45. The largest absolute Gasteiger partial charge is 0.493 e. The molecule has 2 atom stereocenters. The Morgan fingerprint density at radius 3 is 2.76 bits per heavy atom. The molecule has 1 aromatic carbocycles. The summed E-state index contributed by atoms with van der Waals surface area (Å²) in [6.45, 7) is 12.6. The number of fused-ring (bicyclic) bond motifs is 1. The average molecular weight is 291 g/mol. The van der Waals surface area contributed by atoms with Gasteiger partial charge in [-0.15, -0.1) is 0 Å². The molecule has 0 fully saturated rings. The molecule has 1 aliphatic heterocycles. The van der Waals surface area contributed by atoms with Gasteiger partial charge in [-0.1, -0.05) is 27.7 Å². The van der Waals surface area contributed by atoms with Crippen molar-refractivity contribution in [1.82, 2.24) is 5.32 Å². The molecule has 0 radical (unpaired) electrons. The summed E-state index contributed by atoms with van der Waals surface area (Å²) >= 11 is 0. The second-order valence-corrected chi connectivity index (χ2v) is 6.62. The molecule has 118 valence electrons. The molecule has 0 saturated carbocycles. The molecule has 0 bridgehead atoms. The summed E-state index contributed by atoms with van der Waals surface area (Å²) in [7, 11) is 0. The van der Waals surface area contributed by atoms with Gasteiger partial charge in [0.25, 0.3) is 0 Å². The molecule has 3 heteroatoms. The van der Waals surface area contributed by atoms with Crippen LogP contribution in [0.1, 0.15) is 59.1 Å². The Labute approximate surface area is 129 Å². The van der Waals surface area contributed by atoms with Gasteiger partial charge in [-0.25, -0.2) is 0 Å². The monoisotopic (exact) mass is 291 g/mol. The van der Waals surface area contributed by atoms with Gasteiger partial charge in [-0.2, -0.15) is 0 Å². The molecule has 21 heavy (non-hydrogen) atoms. The van der Waals surface area contributed by atoms with Gasteiger partial charge in [0, 0.05) is 18.0 Å². The number of hydrogen-bond acceptors (Lipinski definition) is 3. The van der Waals surface area contributed by atoms with Crippen LogP contribution in [0.2, 0.25) is 0 Å². The molecule has 1 aromatic rings. The molecule has 1 N–H and O–H groups in total. The van der Waals surface area contributed by atoms with Crippen molar-refractivity contribution >= 4 is 0 Å². The SMILES string of the molecule is CCNC1CC(C)(CC)Oc2ccc(OCC(C)C)cc21. The predicted molar refractivity (Wildman–Crippen MR) is 87.1 cm³/mol. The highest BCUT2D eigenvalue weighted by atomic mass is 16.5. The van der Waals surface area contributed by atoms with E-state index in [9.17, 15) is 0 Å². The molecular weight excluding hydrogens is 262 g/mol. The topological polar surface area (TPSA) is 30.5 Å². The van der Waals surface area contributed by atoms with E-state index in [-0.39, 0.29) is 5.60 Å². The summed E-state index contributed by atoms with van der Waals surface area (Å²) in [6.07, 6.45) is 2.01. The van der Waals surface area contributed by atoms with Gasteiger partial charge in [0.15, 0.2) is 0 Å². The Hall–Kier alpha value is -1.22. The summed E-state index contributed by atoms with van der Waals surface area (Å²) < 4.78 is 12.1. The van der Waals surface area contributed by atoms with Crippen LogP contribution in [-0.2, 0) is 0 Å². The first-order valence-electron chi connectivity index (χ1n) is 8.16. The molecule has 2 unspecified atom stereocenters. The molecule has 1 aliphatic rings. The molecule has 0 aromatic heterocycles. The fourth-order valence-corrected chi connectivity index (χ4v) is 2.74. The van der Waals surface area contributed by atoms with Crippen LogP contribution >= 0.6 is 0 Å². The van der Waals surface area contributed by atoms with Gasteiger partial charge in [0.2, 0.25) is 0 Å². The summed E-state index contributed by atoms with van der Waals surface area (Å²) in [5, 5.41) is 3.59. The highest BCUT2D eigenvalue weighted by Gasteiger charge is 2.35. The minimum Gasteiger partial charge on any atom is -0.493 e. The van der Waals surface area contributed by atoms with Gasteiger partial charge in [-0.3, -0.25) is 0 Å². The van der Waals surface area contributed by atoms with Crippen molar-refractivity contribution in [1.29, 1.82) is 0 Å². The van der Waals surface area contributed by atoms with E-state index in [0.29, 0.717) is 12.0 Å². The summed E-state index contributed by atoms with van der Waals surface area (Å²) in [4.78, 5) is 0.